The average Bonchev–Trinajstić information content (AvgIpc) is 3.16. The Kier molecular flexibility index (Phi) is 6.29. The van der Waals surface area contributed by atoms with Crippen LogP contribution in [0.3, 0.4) is 0 Å². The fourth-order valence-corrected chi connectivity index (χ4v) is 5.79. The molecule has 9 heteroatoms. The Balaban J connectivity index is 2.07. The lowest BCUT2D eigenvalue weighted by Crippen LogP contribution is -2.30. The summed E-state index contributed by atoms with van der Waals surface area (Å²) in [6.45, 7) is 8.27. The van der Waals surface area contributed by atoms with Crippen molar-refractivity contribution in [2.45, 2.75) is 49.5 Å². The van der Waals surface area contributed by atoms with E-state index < -0.39 is 5.97 Å². The molecule has 0 aromatic carbocycles. The number of thiazole rings is 1. The molecule has 1 aliphatic rings. The van der Waals surface area contributed by atoms with Crippen LogP contribution in [0.4, 0.5) is 5.82 Å². The molecule has 0 spiro atoms. The molecule has 1 fully saturated rings. The molecule has 1 aliphatic heterocycles. The number of anilines is 1. The normalized spacial score (nSPS) is 14.9. The van der Waals surface area contributed by atoms with Gasteiger partial charge in [0.2, 0.25) is 5.13 Å². The monoisotopic (exact) mass is 458 g/mol. The zero-order valence-corrected chi connectivity index (χ0v) is 18.6. The Morgan fingerprint density at radius 3 is 2.62 bits per heavy atom. The van der Waals surface area contributed by atoms with Crippen LogP contribution in [0.2, 0.25) is 0 Å². The first-order chi connectivity index (χ1) is 12.4. The number of rotatable bonds is 5. The standard InChI is InChI=1S/C17H23BrN4O2S2/c1-10(2)25-16-14(21-8-6-5-7-9-21)19-17(26-16)22-13(15(23)24-4)12(18)11(3)20-22/h10H,5-9H2,1-4H3. The maximum atomic E-state index is 12.3. The third kappa shape index (κ3) is 3.94. The molecule has 2 aromatic heterocycles. The van der Waals surface area contributed by atoms with Crippen LogP contribution in [-0.2, 0) is 4.74 Å². The number of nitrogens with zero attached hydrogens (tertiary/aromatic N) is 4. The van der Waals surface area contributed by atoms with Crippen LogP contribution in [0.15, 0.2) is 8.68 Å². The van der Waals surface area contributed by atoms with Crippen LogP contribution in [0.5, 0.6) is 0 Å². The maximum Gasteiger partial charge on any atom is 0.358 e. The number of methoxy groups -OCH3 is 1. The zero-order valence-electron chi connectivity index (χ0n) is 15.4. The van der Waals surface area contributed by atoms with Crippen molar-refractivity contribution in [3.05, 3.63) is 15.9 Å². The third-order valence-electron chi connectivity index (χ3n) is 4.11. The summed E-state index contributed by atoms with van der Waals surface area (Å²) in [5.41, 5.74) is 1.11. The molecule has 0 radical (unpaired) electrons. The van der Waals surface area contributed by atoms with Gasteiger partial charge >= 0.3 is 5.97 Å². The Bertz CT molecular complexity index is 797. The van der Waals surface area contributed by atoms with Crippen LogP contribution >= 0.6 is 39.0 Å². The highest BCUT2D eigenvalue weighted by Gasteiger charge is 2.27. The lowest BCUT2D eigenvalue weighted by molar-refractivity contribution is 0.0589. The second kappa shape index (κ2) is 8.31. The second-order valence-electron chi connectivity index (χ2n) is 6.47. The number of aryl methyl sites for hydroxylation is 1. The SMILES string of the molecule is COC(=O)c1c(Br)c(C)nn1-c1nc(N2CCCCC2)c(SC(C)C)s1. The fourth-order valence-electron chi connectivity index (χ4n) is 2.89. The van der Waals surface area contributed by atoms with Gasteiger partial charge in [-0.05, 0) is 42.1 Å². The molecule has 6 nitrogen and oxygen atoms in total. The summed E-state index contributed by atoms with van der Waals surface area (Å²) in [6, 6.07) is 0. The smallest absolute Gasteiger partial charge is 0.358 e. The van der Waals surface area contributed by atoms with Gasteiger partial charge in [-0.3, -0.25) is 0 Å². The highest BCUT2D eigenvalue weighted by Crippen LogP contribution is 2.40. The quantitative estimate of drug-likeness (QED) is 0.478. The maximum absolute atomic E-state index is 12.3. The van der Waals surface area contributed by atoms with Gasteiger partial charge in [-0.25, -0.2) is 4.79 Å². The Morgan fingerprint density at radius 2 is 2.00 bits per heavy atom. The van der Waals surface area contributed by atoms with Gasteiger partial charge in [0.15, 0.2) is 11.5 Å². The second-order valence-corrected chi connectivity index (χ2v) is 10.1. The summed E-state index contributed by atoms with van der Waals surface area (Å²) in [5.74, 6) is 0.591. The molecule has 0 aliphatic carbocycles. The lowest BCUT2D eigenvalue weighted by Gasteiger charge is -2.27. The number of halogens is 1. The van der Waals surface area contributed by atoms with Crippen molar-refractivity contribution < 1.29 is 9.53 Å². The van der Waals surface area contributed by atoms with Gasteiger partial charge in [0, 0.05) is 18.3 Å². The van der Waals surface area contributed by atoms with E-state index in [1.807, 2.05) is 18.7 Å². The summed E-state index contributed by atoms with van der Waals surface area (Å²) < 4.78 is 8.37. The van der Waals surface area contributed by atoms with Crippen LogP contribution < -0.4 is 4.90 Å². The van der Waals surface area contributed by atoms with E-state index in [-0.39, 0.29) is 0 Å². The minimum absolute atomic E-state index is 0.380. The van der Waals surface area contributed by atoms with Gasteiger partial charge < -0.3 is 9.64 Å². The number of ether oxygens (including phenoxy) is 1. The Hall–Kier alpha value is -1.06. The minimum Gasteiger partial charge on any atom is -0.464 e. The van der Waals surface area contributed by atoms with Crippen LogP contribution in [0, 0.1) is 6.92 Å². The highest BCUT2D eigenvalue weighted by atomic mass is 79.9. The van der Waals surface area contributed by atoms with Crippen molar-refractivity contribution >= 4 is 50.8 Å². The van der Waals surface area contributed by atoms with E-state index in [0.717, 1.165) is 24.6 Å². The molecule has 0 bridgehead atoms. The first-order valence-corrected chi connectivity index (χ1v) is 11.2. The number of piperidine rings is 1. The lowest BCUT2D eigenvalue weighted by atomic mass is 10.1. The van der Waals surface area contributed by atoms with E-state index in [9.17, 15) is 4.79 Å². The molecule has 0 atom stereocenters. The fraction of sp³-hybridized carbons (Fsp3) is 0.588. The molecular weight excluding hydrogens is 436 g/mol. The number of carbonyl (C=O) groups is 1. The molecule has 3 heterocycles. The van der Waals surface area contributed by atoms with Crippen LogP contribution in [-0.4, -0.2) is 46.2 Å². The summed E-state index contributed by atoms with van der Waals surface area (Å²) in [7, 11) is 1.38. The molecular formula is C17H23BrN4O2S2. The van der Waals surface area contributed by atoms with Gasteiger partial charge in [-0.1, -0.05) is 25.2 Å². The largest absolute Gasteiger partial charge is 0.464 e. The summed E-state index contributed by atoms with van der Waals surface area (Å²) in [5, 5.41) is 5.67. The van der Waals surface area contributed by atoms with Gasteiger partial charge in [0.1, 0.15) is 4.21 Å². The van der Waals surface area contributed by atoms with Crippen LogP contribution in [0.25, 0.3) is 5.13 Å². The van der Waals surface area contributed by atoms with E-state index in [4.69, 9.17) is 9.72 Å². The van der Waals surface area contributed by atoms with E-state index >= 15 is 0 Å². The number of esters is 1. The van der Waals surface area contributed by atoms with Crippen molar-refractivity contribution in [2.75, 3.05) is 25.1 Å². The zero-order chi connectivity index (χ0) is 18.8. The number of hydrogen-bond acceptors (Lipinski definition) is 7. The summed E-state index contributed by atoms with van der Waals surface area (Å²) >= 11 is 6.85. The Labute approximate surface area is 170 Å². The Morgan fingerprint density at radius 1 is 1.31 bits per heavy atom. The molecule has 0 N–H and O–H groups in total. The molecule has 0 saturated carbocycles. The number of hydrogen-bond donors (Lipinski definition) is 0. The van der Waals surface area contributed by atoms with Gasteiger partial charge in [0.05, 0.1) is 17.3 Å². The summed E-state index contributed by atoms with van der Waals surface area (Å²) in [6.07, 6.45) is 3.66. The number of aromatic nitrogens is 3. The highest BCUT2D eigenvalue weighted by molar-refractivity contribution is 9.10. The average molecular weight is 459 g/mol. The molecule has 1 saturated heterocycles. The van der Waals surface area contributed by atoms with Crippen molar-refractivity contribution in [2.24, 2.45) is 0 Å². The third-order valence-corrected chi connectivity index (χ3v) is 7.28. The van der Waals surface area contributed by atoms with Crippen molar-refractivity contribution in [1.82, 2.24) is 14.8 Å². The first-order valence-electron chi connectivity index (χ1n) is 8.68. The predicted molar refractivity (Wildman–Crippen MR) is 110 cm³/mol. The van der Waals surface area contributed by atoms with E-state index in [0.29, 0.717) is 20.5 Å². The van der Waals surface area contributed by atoms with Crippen molar-refractivity contribution in [3.8, 4) is 5.13 Å². The number of thioether (sulfide) groups is 1. The molecule has 3 rings (SSSR count). The molecule has 0 amide bonds. The van der Waals surface area contributed by atoms with Crippen LogP contribution in [0.1, 0.15) is 49.3 Å². The molecule has 142 valence electrons. The van der Waals surface area contributed by atoms with Crippen molar-refractivity contribution in [3.63, 3.8) is 0 Å². The van der Waals surface area contributed by atoms with Gasteiger partial charge in [-0.2, -0.15) is 14.8 Å². The predicted octanol–water partition coefficient (Wildman–Crippen LogP) is 4.68. The molecule has 2 aromatic rings. The molecule has 26 heavy (non-hydrogen) atoms. The number of carbonyl (C=O) groups excluding carboxylic acids is 1. The topological polar surface area (TPSA) is 60.2 Å². The summed E-state index contributed by atoms with van der Waals surface area (Å²) in [4.78, 5) is 19.5. The molecule has 0 unspecified atom stereocenters. The van der Waals surface area contributed by atoms with Crippen molar-refractivity contribution in [1.29, 1.82) is 0 Å². The first kappa shape index (κ1) is 19.7. The van der Waals surface area contributed by atoms with Gasteiger partial charge in [0.25, 0.3) is 0 Å². The van der Waals surface area contributed by atoms with E-state index in [1.54, 1.807) is 16.0 Å². The minimum atomic E-state index is -0.426. The van der Waals surface area contributed by atoms with E-state index in [1.165, 1.54) is 30.6 Å². The van der Waals surface area contributed by atoms with Gasteiger partial charge in [-0.15, -0.1) is 11.8 Å². The van der Waals surface area contributed by atoms with E-state index in [2.05, 4.69) is 39.8 Å².